The molecule has 2 aromatic carbocycles. The molecule has 16 nitrogen and oxygen atoms in total. The van der Waals surface area contributed by atoms with Gasteiger partial charge in [0.2, 0.25) is 11.8 Å². The lowest BCUT2D eigenvalue weighted by Gasteiger charge is -2.27. The molecule has 2 heterocycles. The Labute approximate surface area is 296 Å². The van der Waals surface area contributed by atoms with Crippen molar-refractivity contribution in [3.05, 3.63) is 65.2 Å². The Morgan fingerprint density at radius 2 is 1.25 bits per heavy atom. The zero-order chi connectivity index (χ0) is 36.1. The van der Waals surface area contributed by atoms with E-state index in [1.807, 2.05) is 30.3 Å². The Hall–Kier alpha value is -4.45. The van der Waals surface area contributed by atoms with Gasteiger partial charge in [-0.2, -0.15) is 0 Å². The summed E-state index contributed by atoms with van der Waals surface area (Å²) in [6.45, 7) is 5.76. The fourth-order valence-corrected chi connectivity index (χ4v) is 5.12. The third-order valence-electron chi connectivity index (χ3n) is 7.62. The molecule has 2 aromatic rings. The average molecular weight is 715 g/mol. The molecule has 16 heteroatoms. The number of hydrogen-bond donors (Lipinski definition) is 3. The Morgan fingerprint density at radius 3 is 1.84 bits per heavy atom. The van der Waals surface area contributed by atoms with Crippen molar-refractivity contribution in [2.75, 3.05) is 97.7 Å². The van der Waals surface area contributed by atoms with Crippen molar-refractivity contribution in [3.8, 4) is 0 Å². The Kier molecular flexibility index (Phi) is 17.3. The van der Waals surface area contributed by atoms with Gasteiger partial charge in [-0.3, -0.25) is 29.4 Å². The van der Waals surface area contributed by atoms with Crippen LogP contribution in [0.25, 0.3) is 0 Å². The first-order valence-corrected chi connectivity index (χ1v) is 16.9. The first kappa shape index (κ1) is 39.3. The van der Waals surface area contributed by atoms with E-state index in [1.165, 1.54) is 0 Å². The molecule has 278 valence electrons. The summed E-state index contributed by atoms with van der Waals surface area (Å²) in [6, 6.07) is 13.3. The van der Waals surface area contributed by atoms with Crippen molar-refractivity contribution in [1.82, 2.24) is 15.5 Å². The fourth-order valence-electron chi connectivity index (χ4n) is 5.12. The van der Waals surface area contributed by atoms with Crippen LogP contribution in [-0.4, -0.2) is 133 Å². The van der Waals surface area contributed by atoms with Crippen molar-refractivity contribution < 1.29 is 57.1 Å². The molecule has 0 aliphatic carbocycles. The number of nitrogens with zero attached hydrogens (tertiary/aromatic N) is 1. The first-order chi connectivity index (χ1) is 25.0. The maximum absolute atomic E-state index is 13.1. The van der Waals surface area contributed by atoms with Gasteiger partial charge in [0.25, 0.3) is 11.8 Å². The number of carbonyl (C=O) groups excluding carboxylic acids is 5. The van der Waals surface area contributed by atoms with Crippen LogP contribution in [0.1, 0.15) is 39.1 Å². The van der Waals surface area contributed by atoms with E-state index in [9.17, 15) is 24.0 Å². The number of anilines is 1. The van der Waals surface area contributed by atoms with Crippen LogP contribution in [0, 0.1) is 0 Å². The van der Waals surface area contributed by atoms with Crippen LogP contribution in [0.5, 0.6) is 0 Å². The summed E-state index contributed by atoms with van der Waals surface area (Å²) < 4.78 is 38.0. The molecule has 1 saturated heterocycles. The highest BCUT2D eigenvalue weighted by Crippen LogP contribution is 2.32. The van der Waals surface area contributed by atoms with E-state index in [2.05, 4.69) is 16.0 Å². The van der Waals surface area contributed by atoms with E-state index in [-0.39, 0.29) is 30.6 Å². The second-order valence-electron chi connectivity index (χ2n) is 11.3. The van der Waals surface area contributed by atoms with E-state index in [0.29, 0.717) is 98.1 Å². The summed E-state index contributed by atoms with van der Waals surface area (Å²) >= 11 is 0. The van der Waals surface area contributed by atoms with Crippen molar-refractivity contribution in [1.29, 1.82) is 0 Å². The molecular weight excluding hydrogens is 668 g/mol. The van der Waals surface area contributed by atoms with Crippen LogP contribution in [0.15, 0.2) is 48.5 Å². The average Bonchev–Trinajstić information content (AvgIpc) is 3.39. The van der Waals surface area contributed by atoms with Crippen LogP contribution in [0.3, 0.4) is 0 Å². The molecule has 1 unspecified atom stereocenters. The fraction of sp³-hybridized carbons (Fsp3) is 0.514. The smallest absolute Gasteiger partial charge is 0.407 e. The molecule has 0 bridgehead atoms. The lowest BCUT2D eigenvalue weighted by Crippen LogP contribution is -2.54. The van der Waals surface area contributed by atoms with Gasteiger partial charge in [-0.05, 0) is 24.1 Å². The standard InChI is InChI=1S/C35H46N4O12/c40-30-10-9-29(32(41)38-30)39-33(42)27-7-4-8-28(31(27)34(39)43)36-11-13-45-15-17-47-19-21-49-23-24-50-22-20-48-18-16-46-14-12-37-35(44)51-25-26-5-2-1-3-6-26/h1-8,29,36H,9-25H2,(H,37,44)(H,38,40,41). The van der Waals surface area contributed by atoms with E-state index < -0.39 is 35.8 Å². The van der Waals surface area contributed by atoms with Gasteiger partial charge < -0.3 is 43.8 Å². The molecular formula is C35H46N4O12. The van der Waals surface area contributed by atoms with Crippen molar-refractivity contribution in [2.45, 2.75) is 25.5 Å². The molecule has 1 atom stereocenters. The minimum atomic E-state index is -1.01. The van der Waals surface area contributed by atoms with Crippen LogP contribution in [-0.2, 0) is 49.4 Å². The highest BCUT2D eigenvalue weighted by molar-refractivity contribution is 6.25. The van der Waals surface area contributed by atoms with Gasteiger partial charge in [0.05, 0.1) is 90.4 Å². The van der Waals surface area contributed by atoms with E-state index >= 15 is 0 Å². The van der Waals surface area contributed by atoms with Crippen molar-refractivity contribution in [3.63, 3.8) is 0 Å². The lowest BCUT2D eigenvalue weighted by atomic mass is 10.0. The van der Waals surface area contributed by atoms with Gasteiger partial charge >= 0.3 is 6.09 Å². The van der Waals surface area contributed by atoms with Gasteiger partial charge in [-0.15, -0.1) is 0 Å². The molecule has 3 N–H and O–H groups in total. The maximum atomic E-state index is 13.1. The molecule has 1 fully saturated rings. The SMILES string of the molecule is O=C1CCC(N2C(=O)c3cccc(NCCOCCOCCOCCOCCOCCOCCNC(=O)OCc4ccccc4)c3C2=O)C(=O)N1. The van der Waals surface area contributed by atoms with Gasteiger partial charge in [0.1, 0.15) is 12.6 Å². The number of amides is 5. The quantitative estimate of drug-likeness (QED) is 0.0993. The molecule has 0 radical (unpaired) electrons. The maximum Gasteiger partial charge on any atom is 0.407 e. The third kappa shape index (κ3) is 13.3. The number of ether oxygens (including phenoxy) is 7. The van der Waals surface area contributed by atoms with E-state index in [4.69, 9.17) is 33.2 Å². The predicted molar refractivity (Wildman–Crippen MR) is 181 cm³/mol. The number of benzene rings is 2. The summed E-state index contributed by atoms with van der Waals surface area (Å²) in [5.74, 6) is -2.18. The molecule has 2 aliphatic rings. The number of nitrogens with one attached hydrogen (secondary N) is 3. The number of hydrogen-bond acceptors (Lipinski definition) is 13. The Morgan fingerprint density at radius 1 is 0.686 bits per heavy atom. The molecule has 51 heavy (non-hydrogen) atoms. The highest BCUT2D eigenvalue weighted by atomic mass is 16.6. The number of rotatable bonds is 25. The number of imide groups is 2. The first-order valence-electron chi connectivity index (χ1n) is 16.9. The third-order valence-corrected chi connectivity index (χ3v) is 7.62. The largest absolute Gasteiger partial charge is 0.445 e. The number of carbonyl (C=O) groups is 5. The number of fused-ring (bicyclic) bond motifs is 1. The monoisotopic (exact) mass is 714 g/mol. The summed E-state index contributed by atoms with van der Waals surface area (Å²) in [6.07, 6.45) is -0.323. The summed E-state index contributed by atoms with van der Waals surface area (Å²) in [5.41, 5.74) is 1.82. The predicted octanol–water partition coefficient (Wildman–Crippen LogP) is 1.53. The Bertz CT molecular complexity index is 1430. The van der Waals surface area contributed by atoms with Gasteiger partial charge in [0.15, 0.2) is 0 Å². The van der Waals surface area contributed by atoms with Crippen LogP contribution in [0.4, 0.5) is 10.5 Å². The summed E-state index contributed by atoms with van der Waals surface area (Å²) in [4.78, 5) is 62.5. The minimum Gasteiger partial charge on any atom is -0.445 e. The minimum absolute atomic E-state index is 0.0632. The zero-order valence-corrected chi connectivity index (χ0v) is 28.6. The molecule has 5 amide bonds. The van der Waals surface area contributed by atoms with Crippen LogP contribution >= 0.6 is 0 Å². The second-order valence-corrected chi connectivity index (χ2v) is 11.3. The van der Waals surface area contributed by atoms with Crippen molar-refractivity contribution >= 4 is 35.4 Å². The molecule has 2 aliphatic heterocycles. The number of alkyl carbamates (subject to hydrolysis) is 1. The molecule has 0 aromatic heterocycles. The highest BCUT2D eigenvalue weighted by Gasteiger charge is 2.45. The van der Waals surface area contributed by atoms with Crippen molar-refractivity contribution in [2.24, 2.45) is 0 Å². The van der Waals surface area contributed by atoms with Gasteiger partial charge in [-0.1, -0.05) is 36.4 Å². The van der Waals surface area contributed by atoms with Gasteiger partial charge in [-0.25, -0.2) is 4.79 Å². The second kappa shape index (κ2) is 22.4. The molecule has 0 saturated carbocycles. The lowest BCUT2D eigenvalue weighted by molar-refractivity contribution is -0.136. The van der Waals surface area contributed by atoms with E-state index in [1.54, 1.807) is 18.2 Å². The number of piperidine rings is 1. The zero-order valence-electron chi connectivity index (χ0n) is 28.6. The van der Waals surface area contributed by atoms with Crippen LogP contribution < -0.4 is 16.0 Å². The summed E-state index contributed by atoms with van der Waals surface area (Å²) in [7, 11) is 0. The molecule has 0 spiro atoms. The summed E-state index contributed by atoms with van der Waals surface area (Å²) in [5, 5.41) is 7.95. The molecule has 4 rings (SSSR count). The van der Waals surface area contributed by atoms with Gasteiger partial charge in [0, 0.05) is 25.2 Å². The Balaban J connectivity index is 0.895. The van der Waals surface area contributed by atoms with E-state index in [0.717, 1.165) is 10.5 Å². The van der Waals surface area contributed by atoms with Crippen LogP contribution in [0.2, 0.25) is 0 Å². The normalized spacial score (nSPS) is 15.5. The topological polar surface area (TPSA) is 189 Å².